The lowest BCUT2D eigenvalue weighted by atomic mass is 10.1. The molecule has 1 aliphatic rings. The molecule has 94 valence electrons. The summed E-state index contributed by atoms with van der Waals surface area (Å²) in [5.74, 6) is 0. The Labute approximate surface area is 101 Å². The number of hydrogen-bond donors (Lipinski definition) is 3. The van der Waals surface area contributed by atoms with Gasteiger partial charge in [0.05, 0.1) is 6.10 Å². The zero-order valence-electron chi connectivity index (χ0n) is 9.45. The smallest absolute Gasteiger partial charge is 0.329 e. The van der Waals surface area contributed by atoms with Gasteiger partial charge in [0.1, 0.15) is 11.5 Å². The second-order valence-corrected chi connectivity index (χ2v) is 5.69. The number of nitrogens with one attached hydrogen (secondary N) is 1. The van der Waals surface area contributed by atoms with Crippen LogP contribution in [-0.4, -0.2) is 37.2 Å². The molecule has 1 saturated heterocycles. The molecule has 1 aliphatic heterocycles. The van der Waals surface area contributed by atoms with Gasteiger partial charge in [0.15, 0.2) is 0 Å². The van der Waals surface area contributed by atoms with Gasteiger partial charge in [0.25, 0.3) is 5.56 Å². The summed E-state index contributed by atoms with van der Waals surface area (Å²) in [6.07, 6.45) is -0.477. The third-order valence-electron chi connectivity index (χ3n) is 2.90. The van der Waals surface area contributed by atoms with Crippen LogP contribution in [0.1, 0.15) is 17.9 Å². The van der Waals surface area contributed by atoms with E-state index in [4.69, 9.17) is 0 Å². The topological polar surface area (TPSA) is 95.3 Å². The van der Waals surface area contributed by atoms with Crippen molar-refractivity contribution in [2.24, 2.45) is 0 Å². The first-order valence-electron chi connectivity index (χ1n) is 5.25. The van der Waals surface area contributed by atoms with E-state index in [2.05, 4.69) is 4.98 Å². The molecular formula is C10H14N2O4S. The van der Waals surface area contributed by atoms with E-state index < -0.39 is 28.8 Å². The van der Waals surface area contributed by atoms with E-state index >= 15 is 0 Å². The third-order valence-corrected chi connectivity index (χ3v) is 4.39. The minimum absolute atomic E-state index is 0.158. The van der Waals surface area contributed by atoms with Gasteiger partial charge in [-0.15, -0.1) is 11.8 Å². The molecule has 0 spiro atoms. The molecule has 17 heavy (non-hydrogen) atoms. The molecule has 0 radical (unpaired) electrons. The molecule has 0 unspecified atom stereocenters. The van der Waals surface area contributed by atoms with E-state index in [-0.39, 0.29) is 5.25 Å². The molecule has 0 bridgehead atoms. The van der Waals surface area contributed by atoms with Crippen LogP contribution in [-0.2, 0) is 0 Å². The van der Waals surface area contributed by atoms with E-state index in [1.54, 1.807) is 13.8 Å². The highest BCUT2D eigenvalue weighted by atomic mass is 32.2. The fourth-order valence-corrected chi connectivity index (χ4v) is 3.20. The predicted molar refractivity (Wildman–Crippen MR) is 64.2 cm³/mol. The van der Waals surface area contributed by atoms with Crippen molar-refractivity contribution in [3.8, 4) is 0 Å². The number of thioether (sulfide) groups is 1. The van der Waals surface area contributed by atoms with Crippen LogP contribution < -0.4 is 11.2 Å². The first-order valence-corrected chi connectivity index (χ1v) is 6.19. The number of aliphatic hydroxyl groups excluding tert-OH is 2. The molecule has 6 nitrogen and oxygen atoms in total. The van der Waals surface area contributed by atoms with Crippen molar-refractivity contribution in [3.05, 3.63) is 32.6 Å². The van der Waals surface area contributed by atoms with Gasteiger partial charge in [0.2, 0.25) is 0 Å². The molecule has 0 aliphatic carbocycles. The quantitative estimate of drug-likeness (QED) is 0.613. The van der Waals surface area contributed by atoms with Crippen LogP contribution in [0.2, 0.25) is 0 Å². The summed E-state index contributed by atoms with van der Waals surface area (Å²) in [6, 6.07) is 0. The van der Waals surface area contributed by atoms with Crippen molar-refractivity contribution in [2.45, 2.75) is 36.7 Å². The molecule has 0 saturated carbocycles. The molecule has 7 heteroatoms. The monoisotopic (exact) mass is 258 g/mol. The van der Waals surface area contributed by atoms with Crippen molar-refractivity contribution >= 4 is 11.8 Å². The van der Waals surface area contributed by atoms with Gasteiger partial charge >= 0.3 is 5.69 Å². The summed E-state index contributed by atoms with van der Waals surface area (Å²) >= 11 is 1.30. The first kappa shape index (κ1) is 12.4. The van der Waals surface area contributed by atoms with Crippen molar-refractivity contribution in [1.29, 1.82) is 0 Å². The summed E-state index contributed by atoms with van der Waals surface area (Å²) < 4.78 is 1.26. The van der Waals surface area contributed by atoms with Crippen molar-refractivity contribution in [1.82, 2.24) is 9.55 Å². The third kappa shape index (κ3) is 2.05. The lowest BCUT2D eigenvalue weighted by Crippen LogP contribution is -2.37. The Morgan fingerprint density at radius 1 is 1.35 bits per heavy atom. The van der Waals surface area contributed by atoms with Crippen LogP contribution in [0.4, 0.5) is 0 Å². The molecule has 0 aromatic carbocycles. The second-order valence-electron chi connectivity index (χ2n) is 4.19. The van der Waals surface area contributed by atoms with E-state index in [9.17, 15) is 19.8 Å². The van der Waals surface area contributed by atoms with Crippen LogP contribution in [0.3, 0.4) is 0 Å². The molecule has 0 amide bonds. The number of hydrogen-bond acceptors (Lipinski definition) is 5. The van der Waals surface area contributed by atoms with E-state index in [1.165, 1.54) is 22.5 Å². The number of aromatic nitrogens is 2. The fraction of sp³-hybridized carbons (Fsp3) is 0.600. The van der Waals surface area contributed by atoms with Crippen molar-refractivity contribution in [2.75, 3.05) is 0 Å². The Hall–Kier alpha value is -1.05. The summed E-state index contributed by atoms with van der Waals surface area (Å²) in [6.45, 7) is 3.36. The zero-order valence-corrected chi connectivity index (χ0v) is 10.3. The van der Waals surface area contributed by atoms with Crippen molar-refractivity contribution in [3.63, 3.8) is 0 Å². The van der Waals surface area contributed by atoms with E-state index in [1.807, 2.05) is 0 Å². The maximum absolute atomic E-state index is 11.6. The summed E-state index contributed by atoms with van der Waals surface area (Å²) in [7, 11) is 0. The van der Waals surface area contributed by atoms with Gasteiger partial charge in [-0.05, 0) is 6.92 Å². The number of H-pyrrole nitrogens is 1. The SMILES string of the molecule is Cc1cn([C@@H]2S[C@@H](C)[C@@H](O)[C@H]2O)c(=O)[nH]c1=O. The lowest BCUT2D eigenvalue weighted by molar-refractivity contribution is 0.0192. The highest BCUT2D eigenvalue weighted by Crippen LogP contribution is 2.40. The highest BCUT2D eigenvalue weighted by molar-refractivity contribution is 8.00. The first-order chi connectivity index (χ1) is 7.91. The normalized spacial score (nSPS) is 32.9. The second kappa shape index (κ2) is 4.32. The molecule has 2 heterocycles. The molecule has 1 aromatic rings. The average Bonchev–Trinajstić information content (AvgIpc) is 2.51. The van der Waals surface area contributed by atoms with Gasteiger partial charge < -0.3 is 10.2 Å². The van der Waals surface area contributed by atoms with Crippen LogP contribution >= 0.6 is 11.8 Å². The number of aromatic amines is 1. The minimum atomic E-state index is -1.02. The summed E-state index contributed by atoms with van der Waals surface area (Å²) in [5.41, 5.74) is -0.609. The summed E-state index contributed by atoms with van der Waals surface area (Å²) in [4.78, 5) is 25.0. The van der Waals surface area contributed by atoms with Crippen molar-refractivity contribution < 1.29 is 10.2 Å². The van der Waals surface area contributed by atoms with E-state index in [0.29, 0.717) is 5.56 Å². The Morgan fingerprint density at radius 3 is 2.53 bits per heavy atom. The van der Waals surface area contributed by atoms with E-state index in [0.717, 1.165) is 0 Å². The zero-order chi connectivity index (χ0) is 12.7. The Bertz CT molecular complexity index is 538. The predicted octanol–water partition coefficient (Wildman–Crippen LogP) is -0.799. The molecule has 3 N–H and O–H groups in total. The number of aryl methyl sites for hydroxylation is 1. The minimum Gasteiger partial charge on any atom is -0.389 e. The van der Waals surface area contributed by atoms with Gasteiger partial charge in [-0.1, -0.05) is 6.92 Å². The fourth-order valence-electron chi connectivity index (χ4n) is 1.83. The van der Waals surface area contributed by atoms with Gasteiger partial charge in [-0.2, -0.15) is 0 Å². The standard InChI is InChI=1S/C10H14N2O4S/c1-4-3-12(10(16)11-8(4)15)9-7(14)6(13)5(2)17-9/h3,5-7,9,13-14H,1-2H3,(H,11,15,16)/t5-,6+,7+,9+/m0/s1. The molecule has 1 aromatic heterocycles. The van der Waals surface area contributed by atoms with Gasteiger partial charge in [0, 0.05) is 17.0 Å². The summed E-state index contributed by atoms with van der Waals surface area (Å²) in [5, 5.41) is 18.8. The number of aliphatic hydroxyl groups is 2. The molecule has 2 rings (SSSR count). The maximum atomic E-state index is 11.6. The van der Waals surface area contributed by atoms with Gasteiger partial charge in [-0.25, -0.2) is 4.79 Å². The largest absolute Gasteiger partial charge is 0.389 e. The maximum Gasteiger partial charge on any atom is 0.329 e. The van der Waals surface area contributed by atoms with Crippen LogP contribution in [0, 0.1) is 6.92 Å². The van der Waals surface area contributed by atoms with Crippen LogP contribution in [0.15, 0.2) is 15.8 Å². The Kier molecular flexibility index (Phi) is 3.15. The molecular weight excluding hydrogens is 244 g/mol. The average molecular weight is 258 g/mol. The lowest BCUT2D eigenvalue weighted by Gasteiger charge is -2.17. The highest BCUT2D eigenvalue weighted by Gasteiger charge is 2.41. The Balaban J connectivity index is 2.46. The Morgan fingerprint density at radius 2 is 2.00 bits per heavy atom. The number of nitrogens with zero attached hydrogens (tertiary/aromatic N) is 1. The van der Waals surface area contributed by atoms with Crippen LogP contribution in [0.5, 0.6) is 0 Å². The van der Waals surface area contributed by atoms with Crippen LogP contribution in [0.25, 0.3) is 0 Å². The molecule has 1 fully saturated rings. The number of rotatable bonds is 1. The molecule has 4 atom stereocenters. The van der Waals surface area contributed by atoms with Gasteiger partial charge in [-0.3, -0.25) is 14.3 Å².